The second-order valence-corrected chi connectivity index (χ2v) is 5.60. The molecule has 0 aromatic rings. The van der Waals surface area contributed by atoms with Gasteiger partial charge in [-0.05, 0) is 27.4 Å². The molecule has 0 saturated carbocycles. The Balaban J connectivity index is 2.57. The maximum atomic E-state index is 11.7. The van der Waals surface area contributed by atoms with Crippen LogP contribution in [0.3, 0.4) is 0 Å². The van der Waals surface area contributed by atoms with Gasteiger partial charge in [0.2, 0.25) is 0 Å². The Morgan fingerprint density at radius 1 is 1.44 bits per heavy atom. The van der Waals surface area contributed by atoms with E-state index in [-0.39, 0.29) is 17.6 Å². The lowest BCUT2D eigenvalue weighted by molar-refractivity contribution is -0.144. The number of hydrogen-bond donors (Lipinski definition) is 1. The van der Waals surface area contributed by atoms with Gasteiger partial charge in [-0.3, -0.25) is 14.6 Å². The zero-order chi connectivity index (χ0) is 13.8. The predicted molar refractivity (Wildman–Crippen MR) is 72.6 cm³/mol. The molecule has 0 aliphatic carbocycles. The first-order valence-electron chi connectivity index (χ1n) is 6.65. The lowest BCUT2D eigenvalue weighted by Crippen LogP contribution is -2.60. The summed E-state index contributed by atoms with van der Waals surface area (Å²) in [6, 6.07) is -0.223. The molecule has 1 saturated heterocycles. The standard InChI is InChI=1S/C13H27N3O2/c1-6-14-11(12(17)18-5)9-16-8-7-15(4)13(2,3)10-16/h11,14H,6-10H2,1-5H3. The van der Waals surface area contributed by atoms with Gasteiger partial charge in [0.1, 0.15) is 6.04 Å². The van der Waals surface area contributed by atoms with E-state index >= 15 is 0 Å². The molecule has 5 nitrogen and oxygen atoms in total. The number of rotatable bonds is 5. The molecule has 1 aliphatic rings. The molecule has 1 N–H and O–H groups in total. The Morgan fingerprint density at radius 2 is 2.11 bits per heavy atom. The van der Waals surface area contributed by atoms with Crippen molar-refractivity contribution >= 4 is 5.97 Å². The number of carbonyl (C=O) groups excluding carboxylic acids is 1. The van der Waals surface area contributed by atoms with Gasteiger partial charge in [0.05, 0.1) is 7.11 Å². The molecule has 106 valence electrons. The van der Waals surface area contributed by atoms with E-state index < -0.39 is 0 Å². The molecule has 0 amide bonds. The van der Waals surface area contributed by atoms with E-state index in [1.54, 1.807) is 0 Å². The summed E-state index contributed by atoms with van der Waals surface area (Å²) in [6.07, 6.45) is 0. The number of methoxy groups -OCH3 is 1. The van der Waals surface area contributed by atoms with Gasteiger partial charge < -0.3 is 10.1 Å². The van der Waals surface area contributed by atoms with Gasteiger partial charge >= 0.3 is 5.97 Å². The van der Waals surface area contributed by atoms with E-state index in [2.05, 4.69) is 36.0 Å². The highest BCUT2D eigenvalue weighted by molar-refractivity contribution is 5.75. The molecule has 1 fully saturated rings. The van der Waals surface area contributed by atoms with Gasteiger partial charge in [-0.25, -0.2) is 0 Å². The van der Waals surface area contributed by atoms with Crippen molar-refractivity contribution in [1.82, 2.24) is 15.1 Å². The summed E-state index contributed by atoms with van der Waals surface area (Å²) in [5.41, 5.74) is 0.158. The second kappa shape index (κ2) is 6.50. The first kappa shape index (κ1) is 15.4. The number of nitrogens with one attached hydrogen (secondary N) is 1. The number of nitrogens with zero attached hydrogens (tertiary/aromatic N) is 2. The van der Waals surface area contributed by atoms with Crippen molar-refractivity contribution in [2.45, 2.75) is 32.4 Å². The molecule has 5 heteroatoms. The molecule has 0 aromatic heterocycles. The van der Waals surface area contributed by atoms with Crippen LogP contribution in [0.5, 0.6) is 0 Å². The monoisotopic (exact) mass is 257 g/mol. The summed E-state index contributed by atoms with van der Waals surface area (Å²) < 4.78 is 4.84. The first-order chi connectivity index (χ1) is 8.40. The van der Waals surface area contributed by atoms with Crippen molar-refractivity contribution in [3.63, 3.8) is 0 Å². The fraction of sp³-hybridized carbons (Fsp3) is 0.923. The molecule has 1 atom stereocenters. The van der Waals surface area contributed by atoms with Crippen LogP contribution in [0.1, 0.15) is 20.8 Å². The highest BCUT2D eigenvalue weighted by Crippen LogP contribution is 2.18. The average Bonchev–Trinajstić information content (AvgIpc) is 2.32. The van der Waals surface area contributed by atoms with Crippen molar-refractivity contribution in [3.8, 4) is 0 Å². The quantitative estimate of drug-likeness (QED) is 0.711. The number of hydrogen-bond acceptors (Lipinski definition) is 5. The zero-order valence-electron chi connectivity index (χ0n) is 12.3. The van der Waals surface area contributed by atoms with Crippen LogP contribution in [0.25, 0.3) is 0 Å². The summed E-state index contributed by atoms with van der Waals surface area (Å²) in [5, 5.41) is 3.19. The Morgan fingerprint density at radius 3 is 2.61 bits per heavy atom. The number of piperazine rings is 1. The highest BCUT2D eigenvalue weighted by atomic mass is 16.5. The van der Waals surface area contributed by atoms with Crippen LogP contribution >= 0.6 is 0 Å². The van der Waals surface area contributed by atoms with Crippen LogP contribution in [0.15, 0.2) is 0 Å². The van der Waals surface area contributed by atoms with Gasteiger partial charge in [-0.15, -0.1) is 0 Å². The maximum absolute atomic E-state index is 11.7. The van der Waals surface area contributed by atoms with Crippen LogP contribution in [0.4, 0.5) is 0 Å². The van der Waals surface area contributed by atoms with E-state index in [9.17, 15) is 4.79 Å². The third-order valence-electron chi connectivity index (χ3n) is 3.77. The largest absolute Gasteiger partial charge is 0.468 e. The highest BCUT2D eigenvalue weighted by Gasteiger charge is 2.33. The predicted octanol–water partition coefficient (Wildman–Crippen LogP) is 0.164. The molecule has 1 heterocycles. The lowest BCUT2D eigenvalue weighted by atomic mass is 9.99. The molecule has 0 spiro atoms. The topological polar surface area (TPSA) is 44.8 Å². The van der Waals surface area contributed by atoms with Crippen LogP contribution in [-0.2, 0) is 9.53 Å². The van der Waals surface area contributed by atoms with Crippen molar-refractivity contribution in [1.29, 1.82) is 0 Å². The summed E-state index contributed by atoms with van der Waals surface area (Å²) in [4.78, 5) is 16.4. The van der Waals surface area contributed by atoms with Gasteiger partial charge in [-0.1, -0.05) is 6.92 Å². The Labute approximate surface area is 110 Å². The molecule has 0 radical (unpaired) electrons. The number of carbonyl (C=O) groups is 1. The van der Waals surface area contributed by atoms with Crippen molar-refractivity contribution in [2.75, 3.05) is 46.9 Å². The Hall–Kier alpha value is -0.650. The van der Waals surface area contributed by atoms with Crippen LogP contribution < -0.4 is 5.32 Å². The van der Waals surface area contributed by atoms with E-state index in [1.807, 2.05) is 6.92 Å². The Bertz CT molecular complexity index is 281. The average molecular weight is 257 g/mol. The van der Waals surface area contributed by atoms with Crippen LogP contribution in [0.2, 0.25) is 0 Å². The number of likely N-dealkylation sites (N-methyl/N-ethyl adjacent to an activating group) is 2. The van der Waals surface area contributed by atoms with Crippen LogP contribution in [-0.4, -0.2) is 74.2 Å². The van der Waals surface area contributed by atoms with Gasteiger partial charge in [0.15, 0.2) is 0 Å². The van der Waals surface area contributed by atoms with Crippen molar-refractivity contribution in [3.05, 3.63) is 0 Å². The molecule has 0 bridgehead atoms. The van der Waals surface area contributed by atoms with Crippen LogP contribution in [0, 0.1) is 0 Å². The van der Waals surface area contributed by atoms with E-state index in [1.165, 1.54) is 7.11 Å². The van der Waals surface area contributed by atoms with E-state index in [0.29, 0.717) is 0 Å². The summed E-state index contributed by atoms with van der Waals surface area (Å²) in [6.45, 7) is 11.0. The molecule has 18 heavy (non-hydrogen) atoms. The SMILES string of the molecule is CCNC(CN1CCN(C)C(C)(C)C1)C(=O)OC. The van der Waals surface area contributed by atoms with E-state index in [0.717, 1.165) is 32.7 Å². The summed E-state index contributed by atoms with van der Waals surface area (Å²) in [5.74, 6) is -0.173. The second-order valence-electron chi connectivity index (χ2n) is 5.60. The molecule has 1 unspecified atom stereocenters. The molecule has 1 rings (SSSR count). The van der Waals surface area contributed by atoms with Crippen molar-refractivity contribution < 1.29 is 9.53 Å². The number of esters is 1. The maximum Gasteiger partial charge on any atom is 0.324 e. The molecule has 1 aliphatic heterocycles. The first-order valence-corrected chi connectivity index (χ1v) is 6.65. The zero-order valence-corrected chi connectivity index (χ0v) is 12.3. The van der Waals surface area contributed by atoms with Gasteiger partial charge in [-0.2, -0.15) is 0 Å². The molecular formula is C13H27N3O2. The molecular weight excluding hydrogens is 230 g/mol. The Kier molecular flexibility index (Phi) is 5.56. The van der Waals surface area contributed by atoms with E-state index in [4.69, 9.17) is 4.74 Å². The smallest absolute Gasteiger partial charge is 0.324 e. The van der Waals surface area contributed by atoms with Gasteiger partial charge in [0.25, 0.3) is 0 Å². The van der Waals surface area contributed by atoms with Crippen molar-refractivity contribution in [2.24, 2.45) is 0 Å². The summed E-state index contributed by atoms with van der Waals surface area (Å²) in [7, 11) is 3.60. The normalized spacial score (nSPS) is 22.7. The lowest BCUT2D eigenvalue weighted by Gasteiger charge is -2.46. The molecule has 0 aromatic carbocycles. The summed E-state index contributed by atoms with van der Waals surface area (Å²) >= 11 is 0. The minimum atomic E-state index is -0.223. The fourth-order valence-electron chi connectivity index (χ4n) is 2.37. The number of ether oxygens (including phenoxy) is 1. The minimum absolute atomic E-state index is 0.158. The van der Waals surface area contributed by atoms with Gasteiger partial charge in [0, 0.05) is 31.7 Å². The third-order valence-corrected chi connectivity index (χ3v) is 3.77. The third kappa shape index (κ3) is 3.93. The minimum Gasteiger partial charge on any atom is -0.468 e. The fourth-order valence-corrected chi connectivity index (χ4v) is 2.37.